The third kappa shape index (κ3) is 18.6. The number of hydrogen-bond donors (Lipinski definition) is 0. The second kappa shape index (κ2) is 29.9. The van der Waals surface area contributed by atoms with Gasteiger partial charge in [-0.25, -0.2) is 0 Å². The summed E-state index contributed by atoms with van der Waals surface area (Å²) >= 11 is 0. The number of rotatable bonds is 0. The van der Waals surface area contributed by atoms with Crippen molar-refractivity contribution in [2.75, 3.05) is 80.5 Å². The first-order valence-corrected chi connectivity index (χ1v) is 25.3. The molecule has 10 heterocycles. The Balaban J connectivity index is 0.000000640. The van der Waals surface area contributed by atoms with E-state index in [1.54, 1.807) is 0 Å². The Hall–Kier alpha value is -0.200. The number of likely N-dealkylation sites (tertiary alicyclic amines) is 1. The van der Waals surface area contributed by atoms with Crippen LogP contribution in [0.25, 0.3) is 0 Å². The van der Waals surface area contributed by atoms with Crippen molar-refractivity contribution >= 4 is 0 Å². The molecule has 0 aromatic carbocycles. The van der Waals surface area contributed by atoms with Gasteiger partial charge in [-0.2, -0.15) is 0 Å². The molecule has 0 radical (unpaired) electrons. The normalized spacial score (nSPS) is 38.5. The fraction of sp³-hybridized carbons (Fsp3) is 1.00. The minimum Gasteiger partial charge on any atom is -0.306 e. The highest BCUT2D eigenvalue weighted by molar-refractivity contribution is 4.98. The van der Waals surface area contributed by atoms with Crippen LogP contribution in [-0.2, 0) is 0 Å². The Kier molecular flexibility index (Phi) is 29.8. The van der Waals surface area contributed by atoms with Crippen LogP contribution in [0.5, 0.6) is 0 Å². The first-order valence-electron chi connectivity index (χ1n) is 25.3. The van der Waals surface area contributed by atoms with E-state index < -0.39 is 0 Å². The summed E-state index contributed by atoms with van der Waals surface area (Å²) in [4.78, 5) is 12.6. The van der Waals surface area contributed by atoms with Crippen molar-refractivity contribution in [3.05, 3.63) is 0 Å². The van der Waals surface area contributed by atoms with E-state index in [1.807, 2.05) is 69.2 Å². The van der Waals surface area contributed by atoms with Gasteiger partial charge in [-0.1, -0.05) is 104 Å². The summed E-state index contributed by atoms with van der Waals surface area (Å²) in [7, 11) is 9.03. The highest BCUT2D eigenvalue weighted by atomic mass is 15.2. The third-order valence-electron chi connectivity index (χ3n) is 14.6. The van der Waals surface area contributed by atoms with Gasteiger partial charge in [-0.3, -0.25) is 0 Å². The molecule has 8 bridgehead atoms. The van der Waals surface area contributed by atoms with Crippen LogP contribution >= 0.6 is 0 Å². The van der Waals surface area contributed by atoms with Crippen LogP contribution in [-0.4, -0.2) is 123 Å². The monoisotopic (exact) mass is 792 g/mol. The van der Waals surface area contributed by atoms with E-state index >= 15 is 0 Å². The first kappa shape index (κ1) is 55.8. The lowest BCUT2D eigenvalue weighted by Crippen LogP contribution is -2.53. The third-order valence-corrected chi connectivity index (χ3v) is 14.6. The lowest BCUT2D eigenvalue weighted by atomic mass is 9.60. The molecule has 56 heavy (non-hydrogen) atoms. The van der Waals surface area contributed by atoms with Crippen LogP contribution in [0, 0.1) is 40.4 Å². The second-order valence-electron chi connectivity index (χ2n) is 19.4. The zero-order valence-corrected chi connectivity index (χ0v) is 42.4. The van der Waals surface area contributed by atoms with Crippen LogP contribution in [0.1, 0.15) is 194 Å². The molecular formula is C51H109N5. The average molecular weight is 792 g/mol. The molecule has 0 aromatic rings. The topological polar surface area (TPSA) is 16.2 Å². The fourth-order valence-electron chi connectivity index (χ4n) is 11.8. The molecule has 5 atom stereocenters. The molecule has 338 valence electrons. The Labute approximate surface area is 356 Å². The largest absolute Gasteiger partial charge is 0.306 e. The molecule has 5 unspecified atom stereocenters. The molecular weight excluding hydrogens is 683 g/mol. The van der Waals surface area contributed by atoms with E-state index in [1.165, 1.54) is 142 Å². The van der Waals surface area contributed by atoms with Crippen LogP contribution < -0.4 is 0 Å². The first-order chi connectivity index (χ1) is 26.8. The van der Waals surface area contributed by atoms with E-state index in [4.69, 9.17) is 0 Å². The summed E-state index contributed by atoms with van der Waals surface area (Å²) in [6.07, 6.45) is 20.5. The van der Waals surface area contributed by atoms with Crippen molar-refractivity contribution < 1.29 is 0 Å². The Morgan fingerprint density at radius 3 is 1.36 bits per heavy atom. The van der Waals surface area contributed by atoms with Crippen LogP contribution in [0.2, 0.25) is 0 Å². The quantitative estimate of drug-likeness (QED) is 0.242. The molecule has 2 aliphatic carbocycles. The molecule has 12 fully saturated rings. The van der Waals surface area contributed by atoms with E-state index in [-0.39, 0.29) is 0 Å². The van der Waals surface area contributed by atoms with Crippen molar-refractivity contribution in [1.82, 2.24) is 24.5 Å². The van der Waals surface area contributed by atoms with Crippen LogP contribution in [0.3, 0.4) is 0 Å². The van der Waals surface area contributed by atoms with Crippen molar-refractivity contribution in [3.8, 4) is 0 Å². The standard InChI is InChI=1S/2C9H17N.2C8H15N.C7H15N.5C2H6/c1-9-5-3-8(4-6-9)10(2)7-9;1-7-3-4-8-5-6-9(7)10(8)2;1-8-3-7(4-8)5-9(2)6-8;1-7-6-9-4-2-8(7)3-5-9;1-7-4-3-5-8(2)6-7;5*1-2/h8H,3-7H2,1-2H3;7-9H,3-6H2,1-2H3;7H,3-6H2,1-2H3;7-8H,2-6H2,1H3;7H,3-6H2,1-2H3;5*1-2H3. The smallest absolute Gasteiger partial charge is 0.0121 e. The molecule has 12 rings (SSSR count). The molecule has 0 spiro atoms. The summed E-state index contributed by atoms with van der Waals surface area (Å²) in [5.41, 5.74) is 1.40. The molecule has 10 saturated heterocycles. The predicted octanol–water partition coefficient (Wildman–Crippen LogP) is 12.9. The number of hydrogen-bond acceptors (Lipinski definition) is 5. The van der Waals surface area contributed by atoms with Gasteiger partial charge in [0.25, 0.3) is 0 Å². The predicted molar refractivity (Wildman–Crippen MR) is 255 cm³/mol. The van der Waals surface area contributed by atoms with E-state index in [9.17, 15) is 0 Å². The number of fused-ring (bicyclic) bond motifs is 10. The summed E-state index contributed by atoms with van der Waals surface area (Å²) in [5, 5.41) is 0. The summed E-state index contributed by atoms with van der Waals surface area (Å²) in [6, 6.07) is 2.81. The lowest BCUT2D eigenvalue weighted by Gasteiger charge is -2.54. The van der Waals surface area contributed by atoms with Crippen LogP contribution in [0.4, 0.5) is 0 Å². The fourth-order valence-corrected chi connectivity index (χ4v) is 11.8. The van der Waals surface area contributed by atoms with E-state index in [0.29, 0.717) is 5.41 Å². The Morgan fingerprint density at radius 2 is 1.04 bits per heavy atom. The van der Waals surface area contributed by atoms with Gasteiger partial charge in [0.15, 0.2) is 0 Å². The Bertz CT molecular complexity index is 891. The van der Waals surface area contributed by atoms with Crippen molar-refractivity contribution in [1.29, 1.82) is 0 Å². The van der Waals surface area contributed by atoms with Gasteiger partial charge in [0, 0.05) is 50.8 Å². The summed E-state index contributed by atoms with van der Waals surface area (Å²) in [5.74, 6) is 5.02. The van der Waals surface area contributed by atoms with Gasteiger partial charge in [0.05, 0.1) is 0 Å². The molecule has 0 aromatic heterocycles. The molecule has 5 nitrogen and oxygen atoms in total. The highest BCUT2D eigenvalue weighted by Crippen LogP contribution is 2.49. The molecule has 2 saturated carbocycles. The number of nitrogens with zero attached hydrogens (tertiary/aromatic N) is 5. The summed E-state index contributed by atoms with van der Waals surface area (Å²) < 4.78 is 0. The van der Waals surface area contributed by atoms with Gasteiger partial charge in [0.2, 0.25) is 0 Å². The minimum atomic E-state index is 0.684. The maximum absolute atomic E-state index is 2.61. The number of piperidine rings is 9. The van der Waals surface area contributed by atoms with Gasteiger partial charge in [-0.05, 0) is 178 Å². The van der Waals surface area contributed by atoms with Gasteiger partial charge < -0.3 is 24.5 Å². The SMILES string of the molecule is CC.CC.CC.CC.CC.CC1CCC2CCC1N2C.CC1CCCN(C)C1.CC1CN2CCC1CC2.CN1CC2(C)CCC1CC2.CN1CC2CC(C)(C2)C1. The summed E-state index contributed by atoms with van der Waals surface area (Å²) in [6.45, 7) is 42.8. The molecule has 5 heteroatoms. The molecule has 0 N–H and O–H groups in total. The maximum Gasteiger partial charge on any atom is 0.0121 e. The van der Waals surface area contributed by atoms with Crippen molar-refractivity contribution in [3.63, 3.8) is 0 Å². The maximum atomic E-state index is 2.61. The van der Waals surface area contributed by atoms with Gasteiger partial charge in [0.1, 0.15) is 0 Å². The van der Waals surface area contributed by atoms with E-state index in [0.717, 1.165) is 53.1 Å². The second-order valence-corrected chi connectivity index (χ2v) is 19.4. The van der Waals surface area contributed by atoms with Gasteiger partial charge in [-0.15, -0.1) is 0 Å². The Morgan fingerprint density at radius 1 is 0.482 bits per heavy atom. The lowest BCUT2D eigenvalue weighted by molar-refractivity contribution is -0.0359. The zero-order valence-electron chi connectivity index (χ0n) is 42.4. The van der Waals surface area contributed by atoms with Crippen LogP contribution in [0.15, 0.2) is 0 Å². The molecule has 0 amide bonds. The van der Waals surface area contributed by atoms with Crippen molar-refractivity contribution in [2.45, 2.75) is 212 Å². The minimum absolute atomic E-state index is 0.684. The molecule has 10 aliphatic heterocycles. The highest BCUT2D eigenvalue weighted by Gasteiger charge is 2.45. The molecule has 12 aliphatic rings. The average Bonchev–Trinajstić information content (AvgIpc) is 3.46. The zero-order chi connectivity index (χ0) is 43.1. The van der Waals surface area contributed by atoms with E-state index in [2.05, 4.69) is 87.3 Å². The van der Waals surface area contributed by atoms with Gasteiger partial charge >= 0.3 is 0 Å². The van der Waals surface area contributed by atoms with Crippen molar-refractivity contribution in [2.24, 2.45) is 40.4 Å².